The maximum Gasteiger partial charge on any atom is 0.230 e. The zero-order chi connectivity index (χ0) is 18.4. The minimum absolute atomic E-state index is 0.0956. The summed E-state index contributed by atoms with van der Waals surface area (Å²) in [6.45, 7) is 0.854. The predicted octanol–water partition coefficient (Wildman–Crippen LogP) is 3.50. The van der Waals surface area contributed by atoms with Crippen LogP contribution in [-0.4, -0.2) is 33.0 Å². The molecule has 27 heavy (non-hydrogen) atoms. The summed E-state index contributed by atoms with van der Waals surface area (Å²) in [6.07, 6.45) is 9.90. The van der Waals surface area contributed by atoms with E-state index in [4.69, 9.17) is 4.42 Å². The molecule has 4 fully saturated rings. The molecule has 6 nitrogen and oxygen atoms in total. The van der Waals surface area contributed by atoms with Crippen molar-refractivity contribution in [3.05, 3.63) is 18.4 Å². The van der Waals surface area contributed by atoms with Gasteiger partial charge >= 0.3 is 0 Å². The Morgan fingerprint density at radius 3 is 2.59 bits per heavy atom. The zero-order valence-corrected chi connectivity index (χ0v) is 16.5. The maximum atomic E-state index is 12.4. The summed E-state index contributed by atoms with van der Waals surface area (Å²) < 4.78 is 7.25. The minimum Gasteiger partial charge on any atom is -0.461 e. The lowest BCUT2D eigenvalue weighted by molar-refractivity contribution is -0.120. The van der Waals surface area contributed by atoms with Crippen LogP contribution in [0.15, 0.2) is 28.0 Å². The van der Waals surface area contributed by atoms with Crippen molar-refractivity contribution in [1.29, 1.82) is 0 Å². The third-order valence-corrected chi connectivity index (χ3v) is 7.75. The first-order chi connectivity index (χ1) is 13.1. The lowest BCUT2D eigenvalue weighted by Crippen LogP contribution is -2.51. The Kier molecular flexibility index (Phi) is 4.30. The Morgan fingerprint density at radius 2 is 1.96 bits per heavy atom. The highest BCUT2D eigenvalue weighted by atomic mass is 32.2. The van der Waals surface area contributed by atoms with E-state index in [1.54, 1.807) is 6.26 Å². The molecule has 0 atom stereocenters. The standard InChI is InChI=1S/C20H26N4O2S/c1-24-18(16-3-2-4-26-16)22-23-19(24)27-11-17(25)21-12-20-8-13-5-14(9-20)7-15(6-13)10-20/h2-4,13-15H,5-12H2,1H3,(H,21,25). The molecule has 1 N–H and O–H groups in total. The number of furan rings is 1. The van der Waals surface area contributed by atoms with Gasteiger partial charge in [0, 0.05) is 13.6 Å². The van der Waals surface area contributed by atoms with E-state index in [9.17, 15) is 4.79 Å². The molecular weight excluding hydrogens is 360 g/mol. The predicted molar refractivity (Wildman–Crippen MR) is 103 cm³/mol. The van der Waals surface area contributed by atoms with Crippen LogP contribution < -0.4 is 5.32 Å². The van der Waals surface area contributed by atoms with E-state index in [1.165, 1.54) is 50.3 Å². The quantitative estimate of drug-likeness (QED) is 0.769. The summed E-state index contributed by atoms with van der Waals surface area (Å²) in [5.41, 5.74) is 0.381. The van der Waals surface area contributed by atoms with Gasteiger partial charge in [0.15, 0.2) is 16.7 Å². The molecule has 2 aromatic heterocycles. The van der Waals surface area contributed by atoms with E-state index >= 15 is 0 Å². The van der Waals surface area contributed by atoms with Crippen LogP contribution in [0.4, 0.5) is 0 Å². The van der Waals surface area contributed by atoms with Crippen molar-refractivity contribution in [1.82, 2.24) is 20.1 Å². The number of nitrogens with one attached hydrogen (secondary N) is 1. The molecule has 0 unspecified atom stereocenters. The van der Waals surface area contributed by atoms with Crippen LogP contribution in [0.2, 0.25) is 0 Å². The number of hydrogen-bond donors (Lipinski definition) is 1. The average Bonchev–Trinajstić information content (AvgIpc) is 3.27. The van der Waals surface area contributed by atoms with Crippen molar-refractivity contribution in [2.24, 2.45) is 30.2 Å². The molecule has 0 aromatic carbocycles. The van der Waals surface area contributed by atoms with E-state index in [-0.39, 0.29) is 5.91 Å². The molecule has 144 valence electrons. The van der Waals surface area contributed by atoms with Crippen LogP contribution in [0.5, 0.6) is 0 Å². The number of hydrogen-bond acceptors (Lipinski definition) is 5. The lowest BCUT2D eigenvalue weighted by Gasteiger charge is -2.56. The largest absolute Gasteiger partial charge is 0.461 e. The van der Waals surface area contributed by atoms with Crippen molar-refractivity contribution < 1.29 is 9.21 Å². The molecular formula is C20H26N4O2S. The molecule has 4 bridgehead atoms. The van der Waals surface area contributed by atoms with Gasteiger partial charge in [-0.15, -0.1) is 10.2 Å². The molecule has 4 saturated carbocycles. The number of nitrogens with zero attached hydrogens (tertiary/aromatic N) is 3. The molecule has 0 spiro atoms. The summed E-state index contributed by atoms with van der Waals surface area (Å²) in [4.78, 5) is 12.4. The maximum absolute atomic E-state index is 12.4. The highest BCUT2D eigenvalue weighted by Gasteiger charge is 2.50. The van der Waals surface area contributed by atoms with Gasteiger partial charge in [0.1, 0.15) is 0 Å². The van der Waals surface area contributed by atoms with E-state index in [0.717, 1.165) is 29.5 Å². The third kappa shape index (κ3) is 3.30. The summed E-state index contributed by atoms with van der Waals surface area (Å²) in [6, 6.07) is 3.69. The van der Waals surface area contributed by atoms with E-state index in [0.29, 0.717) is 22.8 Å². The number of carbonyl (C=O) groups is 1. The second kappa shape index (κ2) is 6.69. The van der Waals surface area contributed by atoms with Crippen molar-refractivity contribution in [2.45, 2.75) is 43.7 Å². The van der Waals surface area contributed by atoms with Crippen molar-refractivity contribution in [3.8, 4) is 11.6 Å². The van der Waals surface area contributed by atoms with Crippen molar-refractivity contribution in [3.63, 3.8) is 0 Å². The van der Waals surface area contributed by atoms with Crippen molar-refractivity contribution in [2.75, 3.05) is 12.3 Å². The van der Waals surface area contributed by atoms with Gasteiger partial charge in [-0.05, 0) is 73.8 Å². The topological polar surface area (TPSA) is 73.0 Å². The minimum atomic E-state index is 0.0956. The summed E-state index contributed by atoms with van der Waals surface area (Å²) in [7, 11) is 1.90. The first-order valence-electron chi connectivity index (χ1n) is 9.93. The number of carbonyl (C=O) groups excluding carboxylic acids is 1. The lowest BCUT2D eigenvalue weighted by atomic mass is 9.49. The Balaban J connectivity index is 1.16. The van der Waals surface area contributed by atoms with Gasteiger partial charge in [-0.1, -0.05) is 11.8 Å². The van der Waals surface area contributed by atoms with Crippen molar-refractivity contribution >= 4 is 17.7 Å². The summed E-state index contributed by atoms with van der Waals surface area (Å²) in [5, 5.41) is 12.3. The molecule has 7 heteroatoms. The second-order valence-corrected chi connectivity index (χ2v) is 9.77. The highest BCUT2D eigenvalue weighted by molar-refractivity contribution is 7.99. The Labute approximate surface area is 163 Å². The van der Waals surface area contributed by atoms with Crippen LogP contribution in [-0.2, 0) is 11.8 Å². The molecule has 4 aliphatic carbocycles. The van der Waals surface area contributed by atoms with Gasteiger partial charge in [0.2, 0.25) is 5.91 Å². The first-order valence-corrected chi connectivity index (χ1v) is 10.9. The average molecular weight is 387 g/mol. The van der Waals surface area contributed by atoms with Crippen LogP contribution in [0, 0.1) is 23.2 Å². The van der Waals surface area contributed by atoms with Gasteiger partial charge < -0.3 is 14.3 Å². The smallest absolute Gasteiger partial charge is 0.230 e. The van der Waals surface area contributed by atoms with Crippen LogP contribution in [0.25, 0.3) is 11.6 Å². The fraction of sp³-hybridized carbons (Fsp3) is 0.650. The summed E-state index contributed by atoms with van der Waals surface area (Å²) >= 11 is 1.43. The molecule has 0 radical (unpaired) electrons. The van der Waals surface area contributed by atoms with Gasteiger partial charge in [-0.25, -0.2) is 0 Å². The molecule has 0 saturated heterocycles. The summed E-state index contributed by atoms with van der Waals surface area (Å²) in [5.74, 6) is 4.58. The molecule has 2 heterocycles. The number of aromatic nitrogens is 3. The highest BCUT2D eigenvalue weighted by Crippen LogP contribution is 2.59. The monoisotopic (exact) mass is 386 g/mol. The third-order valence-electron chi connectivity index (χ3n) is 6.73. The normalized spacial score (nSPS) is 31.4. The van der Waals surface area contributed by atoms with E-state index in [1.807, 2.05) is 23.7 Å². The van der Waals surface area contributed by atoms with Crippen LogP contribution in [0.3, 0.4) is 0 Å². The fourth-order valence-electron chi connectivity index (χ4n) is 6.03. The van der Waals surface area contributed by atoms with E-state index in [2.05, 4.69) is 15.5 Å². The Morgan fingerprint density at radius 1 is 1.26 bits per heavy atom. The fourth-order valence-corrected chi connectivity index (χ4v) is 6.78. The first kappa shape index (κ1) is 17.3. The molecule has 4 aliphatic rings. The van der Waals surface area contributed by atoms with Gasteiger partial charge in [0.25, 0.3) is 0 Å². The SMILES string of the molecule is Cn1c(SCC(=O)NCC23CC4CC(CC(C4)C2)C3)nnc1-c1ccco1. The number of amides is 1. The van der Waals surface area contributed by atoms with Gasteiger partial charge in [-0.2, -0.15) is 0 Å². The van der Waals surface area contributed by atoms with Crippen LogP contribution in [0.1, 0.15) is 38.5 Å². The van der Waals surface area contributed by atoms with E-state index < -0.39 is 0 Å². The molecule has 6 rings (SSSR count). The number of thioether (sulfide) groups is 1. The second-order valence-electron chi connectivity index (χ2n) is 8.83. The van der Waals surface area contributed by atoms with Gasteiger partial charge in [0.05, 0.1) is 12.0 Å². The Bertz CT molecular complexity index is 794. The Hall–Kier alpha value is -1.76. The van der Waals surface area contributed by atoms with Gasteiger partial charge in [-0.3, -0.25) is 4.79 Å². The molecule has 2 aromatic rings. The number of rotatable bonds is 6. The van der Waals surface area contributed by atoms with Crippen LogP contribution >= 0.6 is 11.8 Å². The molecule has 1 amide bonds. The zero-order valence-electron chi connectivity index (χ0n) is 15.7. The molecule has 0 aliphatic heterocycles.